The zero-order valence-corrected chi connectivity index (χ0v) is 14.3. The number of hydrogen-bond donors (Lipinski definition) is 2. The van der Waals surface area contributed by atoms with Gasteiger partial charge in [0.2, 0.25) is 5.88 Å². The second kappa shape index (κ2) is 7.66. The van der Waals surface area contributed by atoms with Gasteiger partial charge in [0.15, 0.2) is 0 Å². The molecule has 0 aliphatic rings. The third-order valence-electron chi connectivity index (χ3n) is 4.08. The molecular weight excluding hydrogens is 314 g/mol. The molecule has 0 bridgehead atoms. The molecule has 5 heteroatoms. The van der Waals surface area contributed by atoms with Crippen LogP contribution in [0.2, 0.25) is 0 Å². The Labute approximate surface area is 147 Å². The van der Waals surface area contributed by atoms with E-state index < -0.39 is 0 Å². The number of amides is 2. The molecule has 2 N–H and O–H groups in total. The predicted molar refractivity (Wildman–Crippen MR) is 98.5 cm³/mol. The average molecular weight is 335 g/mol. The molecule has 1 aromatic heterocycles. The van der Waals surface area contributed by atoms with Crippen LogP contribution < -0.4 is 15.4 Å². The highest BCUT2D eigenvalue weighted by Crippen LogP contribution is 2.20. The molecule has 3 aromatic rings. The Morgan fingerprint density at radius 1 is 1.12 bits per heavy atom. The molecule has 0 spiro atoms. The zero-order chi connectivity index (χ0) is 17.6. The van der Waals surface area contributed by atoms with Gasteiger partial charge in [0.25, 0.3) is 0 Å². The van der Waals surface area contributed by atoms with Crippen molar-refractivity contribution in [2.24, 2.45) is 0 Å². The van der Waals surface area contributed by atoms with E-state index in [2.05, 4.69) is 39.9 Å². The molecule has 2 aromatic carbocycles. The highest BCUT2D eigenvalue weighted by Gasteiger charge is 2.10. The zero-order valence-electron chi connectivity index (χ0n) is 14.3. The van der Waals surface area contributed by atoms with Gasteiger partial charge in [-0.15, -0.1) is 0 Å². The van der Waals surface area contributed by atoms with Gasteiger partial charge in [-0.3, -0.25) is 0 Å². The fourth-order valence-electron chi connectivity index (χ4n) is 2.66. The highest BCUT2D eigenvalue weighted by molar-refractivity contribution is 5.83. The summed E-state index contributed by atoms with van der Waals surface area (Å²) in [6.45, 7) is 2.38. The number of benzene rings is 2. The molecule has 1 atom stereocenters. The lowest BCUT2D eigenvalue weighted by atomic mass is 10.0. The van der Waals surface area contributed by atoms with E-state index in [4.69, 9.17) is 4.74 Å². The SMILES string of the molecule is COc1cc(CNC(=O)N[C@H](C)c2ccc3ccccc3c2)ccn1. The molecule has 0 saturated carbocycles. The van der Waals surface area contributed by atoms with Crippen LogP contribution in [0.5, 0.6) is 5.88 Å². The lowest BCUT2D eigenvalue weighted by Crippen LogP contribution is -2.36. The summed E-state index contributed by atoms with van der Waals surface area (Å²) in [5.41, 5.74) is 2.00. The summed E-state index contributed by atoms with van der Waals surface area (Å²) in [6, 6.07) is 17.7. The number of rotatable bonds is 5. The van der Waals surface area contributed by atoms with Crippen molar-refractivity contribution in [2.75, 3.05) is 7.11 Å². The summed E-state index contributed by atoms with van der Waals surface area (Å²) in [4.78, 5) is 16.2. The lowest BCUT2D eigenvalue weighted by molar-refractivity contribution is 0.237. The third-order valence-corrected chi connectivity index (χ3v) is 4.08. The van der Waals surface area contributed by atoms with Crippen molar-refractivity contribution in [3.8, 4) is 5.88 Å². The number of pyridine rings is 1. The molecule has 25 heavy (non-hydrogen) atoms. The smallest absolute Gasteiger partial charge is 0.315 e. The van der Waals surface area contributed by atoms with Crippen LogP contribution in [-0.4, -0.2) is 18.1 Å². The van der Waals surface area contributed by atoms with Crippen molar-refractivity contribution >= 4 is 16.8 Å². The van der Waals surface area contributed by atoms with E-state index in [9.17, 15) is 4.79 Å². The number of nitrogens with zero attached hydrogens (tertiary/aromatic N) is 1. The molecule has 2 amide bonds. The number of nitrogens with one attached hydrogen (secondary N) is 2. The monoisotopic (exact) mass is 335 g/mol. The number of hydrogen-bond acceptors (Lipinski definition) is 3. The van der Waals surface area contributed by atoms with Crippen molar-refractivity contribution < 1.29 is 9.53 Å². The predicted octanol–water partition coefficient (Wildman–Crippen LogP) is 3.80. The number of ether oxygens (including phenoxy) is 1. The fraction of sp³-hybridized carbons (Fsp3) is 0.200. The maximum atomic E-state index is 12.1. The number of methoxy groups -OCH3 is 1. The molecule has 1 heterocycles. The Bertz CT molecular complexity index is 879. The molecule has 0 radical (unpaired) electrons. The molecule has 3 rings (SSSR count). The molecule has 5 nitrogen and oxygen atoms in total. The van der Waals surface area contributed by atoms with Gasteiger partial charge >= 0.3 is 6.03 Å². The van der Waals surface area contributed by atoms with Crippen LogP contribution in [-0.2, 0) is 6.54 Å². The maximum absolute atomic E-state index is 12.1. The summed E-state index contributed by atoms with van der Waals surface area (Å²) in [5.74, 6) is 0.532. The standard InChI is InChI=1S/C20H21N3O2/c1-14(17-8-7-16-5-3-4-6-18(16)12-17)23-20(24)22-13-15-9-10-21-19(11-15)25-2/h3-12,14H,13H2,1-2H3,(H2,22,23,24)/t14-/m1/s1. The van der Waals surface area contributed by atoms with Gasteiger partial charge in [0.1, 0.15) is 0 Å². The molecular formula is C20H21N3O2. The van der Waals surface area contributed by atoms with Gasteiger partial charge in [-0.25, -0.2) is 9.78 Å². The second-order valence-corrected chi connectivity index (χ2v) is 5.86. The minimum atomic E-state index is -0.212. The lowest BCUT2D eigenvalue weighted by Gasteiger charge is -2.16. The van der Waals surface area contributed by atoms with E-state index in [0.717, 1.165) is 16.5 Å². The van der Waals surface area contributed by atoms with Crippen LogP contribution in [0.1, 0.15) is 24.1 Å². The molecule has 0 unspecified atom stereocenters. The number of aromatic nitrogens is 1. The van der Waals surface area contributed by atoms with Gasteiger partial charge in [0.05, 0.1) is 13.2 Å². The van der Waals surface area contributed by atoms with E-state index in [1.807, 2.05) is 31.2 Å². The summed E-state index contributed by atoms with van der Waals surface area (Å²) in [6.07, 6.45) is 1.66. The van der Waals surface area contributed by atoms with Gasteiger partial charge in [-0.1, -0.05) is 36.4 Å². The van der Waals surface area contributed by atoms with Crippen LogP contribution in [0.15, 0.2) is 60.8 Å². The number of carbonyl (C=O) groups excluding carboxylic acids is 1. The Morgan fingerprint density at radius 3 is 2.72 bits per heavy atom. The van der Waals surface area contributed by atoms with Crippen molar-refractivity contribution in [1.29, 1.82) is 0 Å². The Kier molecular flexibility index (Phi) is 5.14. The van der Waals surface area contributed by atoms with E-state index in [1.165, 1.54) is 5.39 Å². The average Bonchev–Trinajstić information content (AvgIpc) is 2.66. The maximum Gasteiger partial charge on any atom is 0.315 e. The summed E-state index contributed by atoms with van der Waals surface area (Å²) >= 11 is 0. The number of fused-ring (bicyclic) bond motifs is 1. The third kappa shape index (κ3) is 4.26. The summed E-state index contributed by atoms with van der Waals surface area (Å²) in [7, 11) is 1.57. The van der Waals surface area contributed by atoms with Crippen molar-refractivity contribution in [1.82, 2.24) is 15.6 Å². The van der Waals surface area contributed by atoms with Crippen LogP contribution in [0.3, 0.4) is 0 Å². The van der Waals surface area contributed by atoms with Gasteiger partial charge in [-0.2, -0.15) is 0 Å². The Balaban J connectivity index is 1.59. The van der Waals surface area contributed by atoms with E-state index in [-0.39, 0.29) is 12.1 Å². The largest absolute Gasteiger partial charge is 0.481 e. The summed E-state index contributed by atoms with van der Waals surface area (Å²) in [5, 5.41) is 8.17. The molecule has 0 aliphatic carbocycles. The van der Waals surface area contributed by atoms with Crippen LogP contribution in [0.25, 0.3) is 10.8 Å². The van der Waals surface area contributed by atoms with Crippen molar-refractivity contribution in [3.63, 3.8) is 0 Å². The first-order valence-electron chi connectivity index (χ1n) is 8.17. The normalized spacial score (nSPS) is 11.8. The molecule has 0 fully saturated rings. The van der Waals surface area contributed by atoms with Crippen LogP contribution >= 0.6 is 0 Å². The Morgan fingerprint density at radius 2 is 1.92 bits per heavy atom. The highest BCUT2D eigenvalue weighted by atomic mass is 16.5. The molecule has 0 aliphatic heterocycles. The van der Waals surface area contributed by atoms with Gasteiger partial charge in [0, 0.05) is 18.8 Å². The quantitative estimate of drug-likeness (QED) is 0.745. The van der Waals surface area contributed by atoms with Crippen LogP contribution in [0, 0.1) is 0 Å². The van der Waals surface area contributed by atoms with Crippen LogP contribution in [0.4, 0.5) is 4.79 Å². The first kappa shape index (κ1) is 16.8. The van der Waals surface area contributed by atoms with E-state index in [1.54, 1.807) is 19.4 Å². The second-order valence-electron chi connectivity index (χ2n) is 5.86. The van der Waals surface area contributed by atoms with E-state index in [0.29, 0.717) is 12.4 Å². The fourth-order valence-corrected chi connectivity index (χ4v) is 2.66. The summed E-state index contributed by atoms with van der Waals surface area (Å²) < 4.78 is 5.08. The first-order valence-corrected chi connectivity index (χ1v) is 8.17. The number of urea groups is 1. The topological polar surface area (TPSA) is 63.2 Å². The first-order chi connectivity index (χ1) is 12.2. The Hall–Kier alpha value is -3.08. The van der Waals surface area contributed by atoms with Crippen molar-refractivity contribution in [3.05, 3.63) is 71.9 Å². The molecule has 128 valence electrons. The van der Waals surface area contributed by atoms with E-state index >= 15 is 0 Å². The minimum absolute atomic E-state index is 0.0865. The minimum Gasteiger partial charge on any atom is -0.481 e. The molecule has 0 saturated heterocycles. The van der Waals surface area contributed by atoms with Gasteiger partial charge in [-0.05, 0) is 41.0 Å². The van der Waals surface area contributed by atoms with Gasteiger partial charge < -0.3 is 15.4 Å². The van der Waals surface area contributed by atoms with Crippen molar-refractivity contribution in [2.45, 2.75) is 19.5 Å². The number of carbonyl (C=O) groups is 1.